The lowest BCUT2D eigenvalue weighted by Gasteiger charge is -2.34. The van der Waals surface area contributed by atoms with Crippen LogP contribution in [0.3, 0.4) is 0 Å². The van der Waals surface area contributed by atoms with Gasteiger partial charge in [-0.2, -0.15) is 0 Å². The Labute approximate surface area is 117 Å². The summed E-state index contributed by atoms with van der Waals surface area (Å²) in [5.74, 6) is -2.83. The number of carboxylic acids is 2. The number of aryl methyl sites for hydroxylation is 1. The van der Waals surface area contributed by atoms with Crippen molar-refractivity contribution in [3.63, 3.8) is 0 Å². The Bertz CT molecular complexity index is 610. The predicted octanol–water partition coefficient (Wildman–Crippen LogP) is 2.75. The molecule has 1 aromatic carbocycles. The number of carboxylic acid groups (broad SMARTS) is 2. The molecular weight excluding hydrogens is 256 g/mol. The molecule has 2 unspecified atom stereocenters. The molecule has 0 fully saturated rings. The van der Waals surface area contributed by atoms with Crippen LogP contribution in [0.5, 0.6) is 0 Å². The monoisotopic (exact) mass is 272 g/mol. The Morgan fingerprint density at radius 1 is 1.15 bits per heavy atom. The van der Waals surface area contributed by atoms with Crippen molar-refractivity contribution in [3.05, 3.63) is 59.2 Å². The fourth-order valence-corrected chi connectivity index (χ4v) is 2.54. The molecule has 0 amide bonds. The summed E-state index contributed by atoms with van der Waals surface area (Å²) in [4.78, 5) is 23.0. The highest BCUT2D eigenvalue weighted by molar-refractivity contribution is 5.93. The molecular formula is C16H16O4. The van der Waals surface area contributed by atoms with E-state index in [1.54, 1.807) is 25.1 Å². The second-order valence-electron chi connectivity index (χ2n) is 5.22. The average molecular weight is 272 g/mol. The molecule has 104 valence electrons. The molecule has 0 heterocycles. The fraction of sp³-hybridized carbons (Fsp3) is 0.250. The Morgan fingerprint density at radius 2 is 1.75 bits per heavy atom. The van der Waals surface area contributed by atoms with Crippen LogP contribution >= 0.6 is 0 Å². The third kappa shape index (κ3) is 2.25. The second-order valence-corrected chi connectivity index (χ2v) is 5.22. The lowest BCUT2D eigenvalue weighted by molar-refractivity contribution is -0.146. The van der Waals surface area contributed by atoms with Crippen LogP contribution < -0.4 is 0 Å². The van der Waals surface area contributed by atoms with E-state index in [1.807, 2.05) is 19.1 Å². The van der Waals surface area contributed by atoms with Crippen molar-refractivity contribution in [2.45, 2.75) is 19.8 Å². The molecule has 0 spiro atoms. The van der Waals surface area contributed by atoms with Crippen LogP contribution in [-0.2, 0) is 9.59 Å². The van der Waals surface area contributed by atoms with E-state index in [0.29, 0.717) is 5.56 Å². The van der Waals surface area contributed by atoms with Crippen molar-refractivity contribution in [2.75, 3.05) is 0 Å². The maximum absolute atomic E-state index is 11.6. The van der Waals surface area contributed by atoms with Gasteiger partial charge in [0.1, 0.15) is 0 Å². The van der Waals surface area contributed by atoms with Gasteiger partial charge in [-0.1, -0.05) is 48.1 Å². The maximum atomic E-state index is 11.6. The van der Waals surface area contributed by atoms with Crippen molar-refractivity contribution < 1.29 is 19.8 Å². The van der Waals surface area contributed by atoms with Gasteiger partial charge >= 0.3 is 11.9 Å². The van der Waals surface area contributed by atoms with Crippen LogP contribution in [0.1, 0.15) is 24.0 Å². The van der Waals surface area contributed by atoms with Crippen molar-refractivity contribution in [1.29, 1.82) is 0 Å². The molecule has 2 N–H and O–H groups in total. The van der Waals surface area contributed by atoms with Gasteiger partial charge < -0.3 is 10.2 Å². The van der Waals surface area contributed by atoms with Gasteiger partial charge in [0.05, 0.1) is 5.41 Å². The quantitative estimate of drug-likeness (QED) is 0.887. The molecule has 0 aromatic heterocycles. The van der Waals surface area contributed by atoms with Crippen molar-refractivity contribution in [1.82, 2.24) is 0 Å². The van der Waals surface area contributed by atoms with Crippen LogP contribution in [0.4, 0.5) is 0 Å². The van der Waals surface area contributed by atoms with Gasteiger partial charge in [0, 0.05) is 11.5 Å². The van der Waals surface area contributed by atoms with Gasteiger partial charge in [0.15, 0.2) is 0 Å². The van der Waals surface area contributed by atoms with E-state index in [1.165, 1.54) is 12.2 Å². The molecule has 2 rings (SSSR count). The lowest BCUT2D eigenvalue weighted by atomic mass is 9.67. The van der Waals surface area contributed by atoms with Gasteiger partial charge in [-0.15, -0.1) is 0 Å². The minimum absolute atomic E-state index is 0.0984. The van der Waals surface area contributed by atoms with Crippen molar-refractivity contribution in [3.8, 4) is 0 Å². The molecule has 0 saturated heterocycles. The highest BCUT2D eigenvalue weighted by Gasteiger charge is 2.45. The van der Waals surface area contributed by atoms with E-state index in [0.717, 1.165) is 5.56 Å². The highest BCUT2D eigenvalue weighted by atomic mass is 16.4. The Balaban J connectivity index is 2.60. The van der Waals surface area contributed by atoms with Gasteiger partial charge in [-0.05, 0) is 19.4 Å². The van der Waals surface area contributed by atoms with E-state index in [9.17, 15) is 19.8 Å². The molecule has 0 saturated carbocycles. The number of aliphatic carboxylic acids is 2. The van der Waals surface area contributed by atoms with Crippen LogP contribution in [0.2, 0.25) is 0 Å². The highest BCUT2D eigenvalue weighted by Crippen LogP contribution is 2.45. The van der Waals surface area contributed by atoms with Gasteiger partial charge in [-0.3, -0.25) is 4.79 Å². The first-order chi connectivity index (χ1) is 9.36. The molecule has 4 heteroatoms. The summed E-state index contributed by atoms with van der Waals surface area (Å²) >= 11 is 0. The molecule has 2 atom stereocenters. The Morgan fingerprint density at radius 3 is 2.25 bits per heavy atom. The Hall–Kier alpha value is -2.36. The number of rotatable bonds is 3. The zero-order chi connectivity index (χ0) is 14.9. The van der Waals surface area contributed by atoms with Crippen LogP contribution in [0.25, 0.3) is 0 Å². The molecule has 0 bridgehead atoms. The standard InChI is InChI=1S/C16H16O4/c1-10-5-7-11(8-6-10)13-12(14(17)18)4-3-9-16(13,2)15(19)20/h3-9,13H,1-2H3,(H,17,18)(H,19,20). The summed E-state index contributed by atoms with van der Waals surface area (Å²) in [5.41, 5.74) is 0.565. The first-order valence-electron chi connectivity index (χ1n) is 6.29. The van der Waals surface area contributed by atoms with Gasteiger partial charge in [-0.25, -0.2) is 4.79 Å². The summed E-state index contributed by atoms with van der Waals surface area (Å²) in [6.07, 6.45) is 4.52. The zero-order valence-corrected chi connectivity index (χ0v) is 11.3. The van der Waals surface area contributed by atoms with Crippen LogP contribution in [0.15, 0.2) is 48.1 Å². The fourth-order valence-electron chi connectivity index (χ4n) is 2.54. The SMILES string of the molecule is Cc1ccc(C2C(C(=O)O)=CC=CC2(C)C(=O)O)cc1. The summed E-state index contributed by atoms with van der Waals surface area (Å²) < 4.78 is 0. The summed E-state index contributed by atoms with van der Waals surface area (Å²) in [6, 6.07) is 7.29. The number of benzene rings is 1. The normalized spacial score (nSPS) is 25.1. The van der Waals surface area contributed by atoms with E-state index in [-0.39, 0.29) is 5.57 Å². The molecule has 1 aliphatic rings. The summed E-state index contributed by atoms with van der Waals surface area (Å²) in [5, 5.41) is 18.9. The smallest absolute Gasteiger partial charge is 0.332 e. The molecule has 0 radical (unpaired) electrons. The number of carbonyl (C=O) groups is 2. The predicted molar refractivity (Wildman–Crippen MR) is 74.5 cm³/mol. The number of allylic oxidation sites excluding steroid dienone is 2. The summed E-state index contributed by atoms with van der Waals surface area (Å²) in [7, 11) is 0. The van der Waals surface area contributed by atoms with Crippen LogP contribution in [0, 0.1) is 12.3 Å². The van der Waals surface area contributed by atoms with E-state index >= 15 is 0 Å². The summed E-state index contributed by atoms with van der Waals surface area (Å²) in [6.45, 7) is 3.47. The van der Waals surface area contributed by atoms with Gasteiger partial charge in [0.2, 0.25) is 0 Å². The number of hydrogen-bond donors (Lipinski definition) is 2. The number of hydrogen-bond acceptors (Lipinski definition) is 2. The third-order valence-corrected chi connectivity index (χ3v) is 3.75. The van der Waals surface area contributed by atoms with E-state index in [2.05, 4.69) is 0 Å². The van der Waals surface area contributed by atoms with Crippen LogP contribution in [-0.4, -0.2) is 22.2 Å². The Kier molecular flexibility index (Phi) is 3.49. The zero-order valence-electron chi connectivity index (χ0n) is 11.3. The molecule has 20 heavy (non-hydrogen) atoms. The maximum Gasteiger partial charge on any atom is 0.332 e. The topological polar surface area (TPSA) is 74.6 Å². The minimum Gasteiger partial charge on any atom is -0.481 e. The first kappa shape index (κ1) is 14.1. The van der Waals surface area contributed by atoms with E-state index in [4.69, 9.17) is 0 Å². The lowest BCUT2D eigenvalue weighted by Crippen LogP contribution is -2.36. The first-order valence-corrected chi connectivity index (χ1v) is 6.29. The molecule has 0 aliphatic heterocycles. The molecule has 1 aliphatic carbocycles. The average Bonchev–Trinajstić information content (AvgIpc) is 2.39. The molecule has 1 aromatic rings. The third-order valence-electron chi connectivity index (χ3n) is 3.75. The largest absolute Gasteiger partial charge is 0.481 e. The van der Waals surface area contributed by atoms with Crippen molar-refractivity contribution in [2.24, 2.45) is 5.41 Å². The molecule has 4 nitrogen and oxygen atoms in total. The van der Waals surface area contributed by atoms with E-state index < -0.39 is 23.3 Å². The van der Waals surface area contributed by atoms with Gasteiger partial charge in [0.25, 0.3) is 0 Å². The second kappa shape index (κ2) is 4.96. The minimum atomic E-state index is -1.27. The van der Waals surface area contributed by atoms with Crippen molar-refractivity contribution >= 4 is 11.9 Å².